The molecule has 5 nitrogen and oxygen atoms in total. The minimum Gasteiger partial charge on any atom is -0.376 e. The molecule has 0 aromatic rings. The van der Waals surface area contributed by atoms with E-state index in [9.17, 15) is 5.11 Å². The molecule has 1 aliphatic heterocycles. The lowest BCUT2D eigenvalue weighted by Crippen LogP contribution is -2.44. The molecule has 1 unspecified atom stereocenters. The van der Waals surface area contributed by atoms with Gasteiger partial charge in [-0.2, -0.15) is 0 Å². The first-order valence-electron chi connectivity index (χ1n) is 3.55. The number of hydrogen-bond acceptors (Lipinski definition) is 5. The average Bonchev–Trinajstić information content (AvgIpc) is 2.26. The molecule has 0 aromatic carbocycles. The van der Waals surface area contributed by atoms with Crippen molar-refractivity contribution in [2.75, 3.05) is 13.7 Å². The molecule has 2 N–H and O–H groups in total. The Morgan fingerprint density at radius 3 is 2.92 bits per heavy atom. The topological polar surface area (TPSA) is 68.2 Å². The summed E-state index contributed by atoms with van der Waals surface area (Å²) in [4.78, 5) is 0. The van der Waals surface area contributed by atoms with E-state index in [1.165, 1.54) is 7.11 Å². The molecule has 0 aliphatic carbocycles. The highest BCUT2D eigenvalue weighted by molar-refractivity contribution is 7.09. The summed E-state index contributed by atoms with van der Waals surface area (Å²) in [5, 5.41) is 18.7. The van der Waals surface area contributed by atoms with Crippen LogP contribution < -0.4 is 0 Å². The van der Waals surface area contributed by atoms with Gasteiger partial charge in [-0.1, -0.05) is 0 Å². The summed E-state index contributed by atoms with van der Waals surface area (Å²) in [5.41, 5.74) is 0. The van der Waals surface area contributed by atoms with Gasteiger partial charge in [0.05, 0.1) is 0 Å². The van der Waals surface area contributed by atoms with Crippen LogP contribution in [0, 0.1) is 0 Å². The van der Waals surface area contributed by atoms with E-state index in [4.69, 9.17) is 14.6 Å². The second-order valence-electron chi connectivity index (χ2n) is 2.69. The summed E-state index contributed by atoms with van der Waals surface area (Å²) < 4.78 is 14.4. The fraction of sp³-hybridized carbons (Fsp3) is 1.00. The molecule has 1 saturated heterocycles. The molecule has 1 fully saturated rings. The third kappa shape index (κ3) is 1.93. The molecule has 0 amide bonds. The third-order valence-corrected chi connectivity index (χ3v) is 2.00. The van der Waals surface area contributed by atoms with E-state index in [2.05, 4.69) is 4.52 Å². The summed E-state index contributed by atoms with van der Waals surface area (Å²) in [6.45, 7) is -0.0484. The smallest absolute Gasteiger partial charge is 0.219 e. The highest BCUT2D eigenvalue weighted by atomic mass is 31.0. The molecular weight excluding hydrogens is 183 g/mol. The summed E-state index contributed by atoms with van der Waals surface area (Å²) >= 11 is 0. The summed E-state index contributed by atoms with van der Waals surface area (Å²) in [6.07, 6.45) is -1.28. The van der Waals surface area contributed by atoms with E-state index in [1.807, 2.05) is 9.47 Å². The molecule has 72 valence electrons. The molecule has 0 aromatic heterocycles. The van der Waals surface area contributed by atoms with Crippen LogP contribution in [0.3, 0.4) is 0 Å². The van der Waals surface area contributed by atoms with Gasteiger partial charge in [0.25, 0.3) is 0 Å². The van der Waals surface area contributed by atoms with E-state index in [0.717, 1.165) is 0 Å². The van der Waals surface area contributed by atoms with Crippen LogP contribution in [0.4, 0.5) is 0 Å². The van der Waals surface area contributed by atoms with Crippen molar-refractivity contribution in [3.05, 3.63) is 0 Å². The van der Waals surface area contributed by atoms with Gasteiger partial charge < -0.3 is 24.2 Å². The molecule has 0 radical (unpaired) electrons. The van der Waals surface area contributed by atoms with E-state index in [0.29, 0.717) is 0 Å². The Kier molecular flexibility index (Phi) is 3.40. The van der Waals surface area contributed by atoms with Crippen LogP contribution in [0.5, 0.6) is 0 Å². The maximum atomic E-state index is 9.68. The van der Waals surface area contributed by atoms with Crippen LogP contribution in [0.15, 0.2) is 0 Å². The van der Waals surface area contributed by atoms with Crippen molar-refractivity contribution < 1.29 is 24.2 Å². The predicted octanol–water partition coefficient (Wildman–Crippen LogP) is -0.765. The van der Waals surface area contributed by atoms with Crippen molar-refractivity contribution in [2.45, 2.75) is 24.6 Å². The van der Waals surface area contributed by atoms with Gasteiger partial charge in [0.1, 0.15) is 12.7 Å². The lowest BCUT2D eigenvalue weighted by atomic mass is 10.1. The lowest BCUT2D eigenvalue weighted by Gasteiger charge is -2.26. The van der Waals surface area contributed by atoms with Crippen LogP contribution in [-0.2, 0) is 14.0 Å². The van der Waals surface area contributed by atoms with Gasteiger partial charge >= 0.3 is 0 Å². The third-order valence-electron chi connectivity index (χ3n) is 1.83. The van der Waals surface area contributed by atoms with Crippen molar-refractivity contribution >= 4 is 9.47 Å². The predicted molar refractivity (Wildman–Crippen MR) is 43.1 cm³/mol. The first-order chi connectivity index (χ1) is 5.62. The minimum atomic E-state index is -1.53. The standard InChI is InChI=1S/C6H13O5P/c1-9-4-2-5(7)11-6(4,8)3-10-12/h4-5,7-8H,2-3,12H2,1H3/t4-,5-,6-/m1/s1. The van der Waals surface area contributed by atoms with Crippen LogP contribution in [0.1, 0.15) is 6.42 Å². The Labute approximate surface area is 72.9 Å². The van der Waals surface area contributed by atoms with Crippen LogP contribution in [0.2, 0.25) is 0 Å². The molecule has 6 heteroatoms. The number of hydrogen-bond donors (Lipinski definition) is 2. The van der Waals surface area contributed by atoms with Crippen LogP contribution in [0.25, 0.3) is 0 Å². The molecule has 0 bridgehead atoms. The second kappa shape index (κ2) is 3.96. The number of aliphatic hydroxyl groups is 2. The van der Waals surface area contributed by atoms with E-state index < -0.39 is 18.2 Å². The molecular formula is C6H13O5P. The van der Waals surface area contributed by atoms with Gasteiger partial charge in [-0.15, -0.1) is 0 Å². The molecule has 4 atom stereocenters. The van der Waals surface area contributed by atoms with Gasteiger partial charge in [-0.25, -0.2) is 0 Å². The molecule has 1 aliphatic rings. The maximum Gasteiger partial charge on any atom is 0.219 e. The van der Waals surface area contributed by atoms with Gasteiger partial charge in [0.2, 0.25) is 5.79 Å². The summed E-state index contributed by atoms with van der Waals surface area (Å²) in [6, 6.07) is 0. The Bertz CT molecular complexity index is 155. The first kappa shape index (κ1) is 10.3. The van der Waals surface area contributed by atoms with Crippen molar-refractivity contribution in [3.63, 3.8) is 0 Å². The van der Waals surface area contributed by atoms with Crippen molar-refractivity contribution in [1.82, 2.24) is 0 Å². The monoisotopic (exact) mass is 196 g/mol. The zero-order chi connectivity index (χ0) is 9.19. The number of methoxy groups -OCH3 is 1. The zero-order valence-corrected chi connectivity index (χ0v) is 7.92. The van der Waals surface area contributed by atoms with Crippen LogP contribution >= 0.6 is 9.47 Å². The highest BCUT2D eigenvalue weighted by Crippen LogP contribution is 2.30. The normalized spacial score (nSPS) is 42.0. The number of ether oxygens (including phenoxy) is 2. The Balaban J connectivity index is 2.60. The fourth-order valence-electron chi connectivity index (χ4n) is 1.25. The van der Waals surface area contributed by atoms with Gasteiger partial charge in [0.15, 0.2) is 6.29 Å². The summed E-state index contributed by atoms with van der Waals surface area (Å²) in [7, 11) is 3.44. The van der Waals surface area contributed by atoms with E-state index >= 15 is 0 Å². The van der Waals surface area contributed by atoms with E-state index in [1.54, 1.807) is 0 Å². The Hall–Kier alpha value is 0.230. The number of aliphatic hydroxyl groups excluding tert-OH is 1. The Morgan fingerprint density at radius 2 is 2.42 bits per heavy atom. The van der Waals surface area contributed by atoms with Crippen molar-refractivity contribution in [3.8, 4) is 0 Å². The molecule has 12 heavy (non-hydrogen) atoms. The quantitative estimate of drug-likeness (QED) is 0.580. The molecule has 1 heterocycles. The van der Waals surface area contributed by atoms with Crippen molar-refractivity contribution in [1.29, 1.82) is 0 Å². The SMILES string of the molecule is CO[C@@H]1C[C@H](O)O[C@]1(O)COP. The molecule has 0 spiro atoms. The van der Waals surface area contributed by atoms with Gasteiger partial charge in [-0.3, -0.25) is 0 Å². The Morgan fingerprint density at radius 1 is 1.75 bits per heavy atom. The number of rotatable bonds is 3. The second-order valence-corrected chi connectivity index (χ2v) is 3.02. The fourth-order valence-corrected chi connectivity index (χ4v) is 1.49. The first-order valence-corrected chi connectivity index (χ1v) is 4.02. The summed E-state index contributed by atoms with van der Waals surface area (Å²) in [5.74, 6) is -1.53. The lowest BCUT2D eigenvalue weighted by molar-refractivity contribution is -0.270. The van der Waals surface area contributed by atoms with Crippen LogP contribution in [-0.4, -0.2) is 42.1 Å². The highest BCUT2D eigenvalue weighted by Gasteiger charge is 2.47. The molecule has 1 rings (SSSR count). The zero-order valence-electron chi connectivity index (χ0n) is 6.77. The van der Waals surface area contributed by atoms with Gasteiger partial charge in [0, 0.05) is 23.0 Å². The van der Waals surface area contributed by atoms with E-state index in [-0.39, 0.29) is 13.0 Å². The van der Waals surface area contributed by atoms with Crippen molar-refractivity contribution in [2.24, 2.45) is 0 Å². The maximum absolute atomic E-state index is 9.68. The molecule has 0 saturated carbocycles. The average molecular weight is 196 g/mol. The largest absolute Gasteiger partial charge is 0.376 e. The van der Waals surface area contributed by atoms with Gasteiger partial charge in [-0.05, 0) is 0 Å². The minimum absolute atomic E-state index is 0.0484.